The Balaban J connectivity index is 1.64. The van der Waals surface area contributed by atoms with Crippen LogP contribution in [0.1, 0.15) is 34.1 Å². The molecule has 2 heterocycles. The molecule has 6 heteroatoms. The van der Waals surface area contributed by atoms with Gasteiger partial charge in [-0.1, -0.05) is 36.4 Å². The first-order valence-electron chi connectivity index (χ1n) is 8.91. The second-order valence-electron chi connectivity index (χ2n) is 6.77. The molecule has 0 aliphatic carbocycles. The summed E-state index contributed by atoms with van der Waals surface area (Å²) >= 11 is 1.42. The van der Waals surface area contributed by atoms with Crippen LogP contribution in [0.15, 0.2) is 47.8 Å². The minimum Gasteiger partial charge on any atom is -0.352 e. The van der Waals surface area contributed by atoms with E-state index >= 15 is 0 Å². The number of likely N-dealkylation sites (tertiary alicyclic amines) is 1. The minimum atomic E-state index is -0.372. The van der Waals surface area contributed by atoms with Crippen molar-refractivity contribution in [1.29, 1.82) is 0 Å². The topological polar surface area (TPSA) is 52.7 Å². The molecule has 1 aliphatic heterocycles. The van der Waals surface area contributed by atoms with Crippen molar-refractivity contribution in [2.45, 2.75) is 24.9 Å². The van der Waals surface area contributed by atoms with Crippen LogP contribution >= 0.6 is 11.3 Å². The number of nitrogens with one attached hydrogen (secondary N) is 1. The second kappa shape index (κ2) is 8.47. The third-order valence-corrected chi connectivity index (χ3v) is 5.68. The number of benzene rings is 1. The lowest BCUT2D eigenvalue weighted by atomic mass is 10.1. The van der Waals surface area contributed by atoms with Gasteiger partial charge in [0.25, 0.3) is 5.91 Å². The van der Waals surface area contributed by atoms with E-state index in [1.165, 1.54) is 11.3 Å². The number of hydrogen-bond acceptors (Lipinski definition) is 4. The number of thiophene rings is 1. The van der Waals surface area contributed by atoms with Gasteiger partial charge in [-0.15, -0.1) is 11.3 Å². The molecule has 0 saturated carbocycles. The van der Waals surface area contributed by atoms with E-state index in [4.69, 9.17) is 0 Å². The van der Waals surface area contributed by atoms with Crippen molar-refractivity contribution in [2.24, 2.45) is 0 Å². The van der Waals surface area contributed by atoms with E-state index in [1.807, 2.05) is 49.8 Å². The van der Waals surface area contributed by atoms with E-state index < -0.39 is 0 Å². The third-order valence-electron chi connectivity index (χ3n) is 4.83. The van der Waals surface area contributed by atoms with Gasteiger partial charge in [-0.05, 0) is 43.9 Å². The van der Waals surface area contributed by atoms with E-state index in [-0.39, 0.29) is 23.9 Å². The number of likely N-dealkylation sites (N-methyl/N-ethyl adjacent to an activating group) is 1. The molecule has 0 spiro atoms. The highest BCUT2D eigenvalue weighted by Crippen LogP contribution is 2.23. The van der Waals surface area contributed by atoms with Crippen molar-refractivity contribution in [3.8, 4) is 0 Å². The van der Waals surface area contributed by atoms with Crippen LogP contribution in [0.4, 0.5) is 0 Å². The average molecular weight is 372 g/mol. The Hall–Kier alpha value is -2.18. The predicted octanol–water partition coefficient (Wildman–Crippen LogP) is 2.77. The Morgan fingerprint density at radius 3 is 2.65 bits per heavy atom. The van der Waals surface area contributed by atoms with Gasteiger partial charge >= 0.3 is 0 Å². The monoisotopic (exact) mass is 371 g/mol. The van der Waals surface area contributed by atoms with Crippen LogP contribution in [0.3, 0.4) is 0 Å². The van der Waals surface area contributed by atoms with Gasteiger partial charge in [0.05, 0.1) is 10.9 Å². The van der Waals surface area contributed by atoms with Crippen molar-refractivity contribution >= 4 is 23.2 Å². The largest absolute Gasteiger partial charge is 0.352 e. The van der Waals surface area contributed by atoms with Gasteiger partial charge < -0.3 is 15.1 Å². The Labute approximate surface area is 158 Å². The van der Waals surface area contributed by atoms with E-state index in [2.05, 4.69) is 22.3 Å². The standard InChI is InChI=1S/C20H25N3O2S/c1-22(2)17(15-8-4-3-5-9-15)14-21-19(24)16-10-6-12-23(16)20(25)18-11-7-13-26-18/h3-5,7-9,11,13,16-17H,6,10,12,14H2,1-2H3,(H,21,24)/t16-,17+/m0/s1. The molecule has 0 radical (unpaired) electrons. The Bertz CT molecular complexity index is 731. The first-order valence-corrected chi connectivity index (χ1v) is 9.79. The number of amides is 2. The second-order valence-corrected chi connectivity index (χ2v) is 7.72. The quantitative estimate of drug-likeness (QED) is 0.850. The van der Waals surface area contributed by atoms with Crippen molar-refractivity contribution in [3.63, 3.8) is 0 Å². The normalized spacial score (nSPS) is 18.1. The number of rotatable bonds is 6. The fourth-order valence-corrected chi connectivity index (χ4v) is 4.09. The zero-order valence-electron chi connectivity index (χ0n) is 15.2. The molecule has 2 aromatic rings. The molecule has 3 rings (SSSR count). The van der Waals surface area contributed by atoms with Gasteiger partial charge in [0, 0.05) is 13.1 Å². The van der Waals surface area contributed by atoms with Gasteiger partial charge in [-0.25, -0.2) is 0 Å². The van der Waals surface area contributed by atoms with Crippen LogP contribution in [0.2, 0.25) is 0 Å². The molecule has 1 saturated heterocycles. The van der Waals surface area contributed by atoms with Crippen LogP contribution in [-0.4, -0.2) is 54.8 Å². The molecule has 1 aromatic carbocycles. The minimum absolute atomic E-state index is 0.0372. The van der Waals surface area contributed by atoms with Crippen molar-refractivity contribution in [3.05, 3.63) is 58.3 Å². The third kappa shape index (κ3) is 4.14. The van der Waals surface area contributed by atoms with Crippen LogP contribution < -0.4 is 5.32 Å². The summed E-state index contributed by atoms with van der Waals surface area (Å²) < 4.78 is 0. The molecule has 1 aliphatic rings. The van der Waals surface area contributed by atoms with Crippen LogP contribution in [0.25, 0.3) is 0 Å². The Morgan fingerprint density at radius 2 is 2.00 bits per heavy atom. The van der Waals surface area contributed by atoms with Crippen LogP contribution in [-0.2, 0) is 4.79 Å². The number of carbonyl (C=O) groups excluding carboxylic acids is 2. The lowest BCUT2D eigenvalue weighted by Gasteiger charge is -2.27. The summed E-state index contributed by atoms with van der Waals surface area (Å²) in [7, 11) is 4.01. The summed E-state index contributed by atoms with van der Waals surface area (Å²) in [5.41, 5.74) is 1.16. The van der Waals surface area contributed by atoms with Gasteiger partial charge in [-0.3, -0.25) is 9.59 Å². The molecule has 1 aromatic heterocycles. The van der Waals surface area contributed by atoms with E-state index in [0.29, 0.717) is 18.0 Å². The van der Waals surface area contributed by atoms with Gasteiger partial charge in [0.1, 0.15) is 6.04 Å². The van der Waals surface area contributed by atoms with Crippen LogP contribution in [0.5, 0.6) is 0 Å². The zero-order chi connectivity index (χ0) is 18.5. The molecule has 138 valence electrons. The molecule has 2 atom stereocenters. The summed E-state index contributed by atoms with van der Waals surface area (Å²) in [6, 6.07) is 13.5. The molecule has 0 unspecified atom stereocenters. The maximum Gasteiger partial charge on any atom is 0.264 e. The molecule has 26 heavy (non-hydrogen) atoms. The van der Waals surface area contributed by atoms with Gasteiger partial charge in [-0.2, -0.15) is 0 Å². The maximum absolute atomic E-state index is 12.8. The summed E-state index contributed by atoms with van der Waals surface area (Å²) in [4.78, 5) is 29.9. The lowest BCUT2D eigenvalue weighted by molar-refractivity contribution is -0.125. The van der Waals surface area contributed by atoms with E-state index in [0.717, 1.165) is 18.4 Å². The lowest BCUT2D eigenvalue weighted by Crippen LogP contribution is -2.47. The smallest absolute Gasteiger partial charge is 0.264 e. The molecule has 1 N–H and O–H groups in total. The SMILES string of the molecule is CN(C)[C@H](CNC(=O)[C@@H]1CCCN1C(=O)c1cccs1)c1ccccc1. The summed E-state index contributed by atoms with van der Waals surface area (Å²) in [5.74, 6) is -0.0972. The van der Waals surface area contributed by atoms with Gasteiger partial charge in [0.15, 0.2) is 0 Å². The Morgan fingerprint density at radius 1 is 1.23 bits per heavy atom. The molecule has 1 fully saturated rings. The van der Waals surface area contributed by atoms with Crippen LogP contribution in [0, 0.1) is 0 Å². The highest BCUT2D eigenvalue weighted by Gasteiger charge is 2.35. The van der Waals surface area contributed by atoms with Crippen molar-refractivity contribution in [1.82, 2.24) is 15.1 Å². The molecule has 5 nitrogen and oxygen atoms in total. The first-order chi connectivity index (χ1) is 12.6. The number of nitrogens with zero attached hydrogens (tertiary/aromatic N) is 2. The molecular formula is C20H25N3O2S. The highest BCUT2D eigenvalue weighted by atomic mass is 32.1. The van der Waals surface area contributed by atoms with Crippen molar-refractivity contribution < 1.29 is 9.59 Å². The molecule has 0 bridgehead atoms. The first kappa shape index (κ1) is 18.6. The average Bonchev–Trinajstić information content (AvgIpc) is 3.33. The number of carbonyl (C=O) groups is 2. The van der Waals surface area contributed by atoms with E-state index in [1.54, 1.807) is 4.90 Å². The van der Waals surface area contributed by atoms with Gasteiger partial charge in [0.2, 0.25) is 5.91 Å². The highest BCUT2D eigenvalue weighted by molar-refractivity contribution is 7.12. The maximum atomic E-state index is 12.8. The fourth-order valence-electron chi connectivity index (χ4n) is 3.41. The Kier molecular flexibility index (Phi) is 6.06. The number of hydrogen-bond donors (Lipinski definition) is 1. The summed E-state index contributed by atoms with van der Waals surface area (Å²) in [6.45, 7) is 1.16. The predicted molar refractivity (Wildman–Crippen MR) is 104 cm³/mol. The summed E-state index contributed by atoms with van der Waals surface area (Å²) in [5, 5.41) is 4.95. The molecular weight excluding hydrogens is 346 g/mol. The fraction of sp³-hybridized carbons (Fsp3) is 0.400. The van der Waals surface area contributed by atoms with Crippen molar-refractivity contribution in [2.75, 3.05) is 27.2 Å². The molecule has 2 amide bonds. The van der Waals surface area contributed by atoms with E-state index in [9.17, 15) is 9.59 Å². The zero-order valence-corrected chi connectivity index (χ0v) is 16.0. The summed E-state index contributed by atoms with van der Waals surface area (Å²) in [6.07, 6.45) is 1.59.